The first kappa shape index (κ1) is 16.7. The molecular weight excluding hydrogens is 296 g/mol. The number of fused-ring (bicyclic) bond motifs is 1. The van der Waals surface area contributed by atoms with Gasteiger partial charge in [0.15, 0.2) is 0 Å². The van der Waals surface area contributed by atoms with Gasteiger partial charge in [-0.2, -0.15) is 0 Å². The Kier molecular flexibility index (Phi) is 5.00. The van der Waals surface area contributed by atoms with E-state index in [9.17, 15) is 4.79 Å². The van der Waals surface area contributed by atoms with Crippen LogP contribution >= 0.6 is 0 Å². The van der Waals surface area contributed by atoms with Crippen molar-refractivity contribution in [3.8, 4) is 0 Å². The molecule has 0 aliphatic carbocycles. The Labute approximate surface area is 144 Å². The second kappa shape index (κ2) is 7.18. The Morgan fingerprint density at radius 1 is 1.12 bits per heavy atom. The van der Waals surface area contributed by atoms with E-state index >= 15 is 0 Å². The first-order chi connectivity index (χ1) is 11.5. The summed E-state index contributed by atoms with van der Waals surface area (Å²) in [5, 5.41) is 3.13. The van der Waals surface area contributed by atoms with E-state index in [4.69, 9.17) is 0 Å². The van der Waals surface area contributed by atoms with E-state index in [1.165, 1.54) is 22.3 Å². The zero-order valence-electron chi connectivity index (χ0n) is 14.8. The summed E-state index contributed by atoms with van der Waals surface area (Å²) in [4.78, 5) is 14.6. The summed E-state index contributed by atoms with van der Waals surface area (Å²) >= 11 is 0. The average molecular weight is 322 g/mol. The third kappa shape index (κ3) is 3.85. The average Bonchev–Trinajstić information content (AvgIpc) is 2.57. The van der Waals surface area contributed by atoms with Gasteiger partial charge < -0.3 is 5.32 Å². The number of amides is 1. The van der Waals surface area contributed by atoms with Crippen LogP contribution in [0.2, 0.25) is 0 Å². The van der Waals surface area contributed by atoms with E-state index < -0.39 is 0 Å². The maximum Gasteiger partial charge on any atom is 0.234 e. The molecule has 2 aromatic rings. The molecule has 1 atom stereocenters. The van der Waals surface area contributed by atoms with E-state index in [0.29, 0.717) is 6.54 Å². The molecule has 126 valence electrons. The zero-order valence-corrected chi connectivity index (χ0v) is 14.8. The molecule has 3 heteroatoms. The summed E-state index contributed by atoms with van der Waals surface area (Å²) in [6.45, 7) is 8.54. The lowest BCUT2D eigenvalue weighted by atomic mass is 10.00. The Morgan fingerprint density at radius 3 is 2.62 bits per heavy atom. The van der Waals surface area contributed by atoms with Crippen LogP contribution < -0.4 is 5.32 Å². The molecule has 1 N–H and O–H groups in total. The molecule has 3 nitrogen and oxygen atoms in total. The van der Waals surface area contributed by atoms with Crippen molar-refractivity contribution in [2.24, 2.45) is 0 Å². The summed E-state index contributed by atoms with van der Waals surface area (Å²) in [5.41, 5.74) is 6.47. The molecule has 0 fully saturated rings. The fraction of sp³-hybridized carbons (Fsp3) is 0.381. The molecular formula is C21H26N2O. The number of carbonyl (C=O) groups excluding carboxylic acids is 1. The first-order valence-electron chi connectivity index (χ1n) is 8.68. The molecule has 1 heterocycles. The smallest absolute Gasteiger partial charge is 0.234 e. The highest BCUT2D eigenvalue weighted by Gasteiger charge is 2.19. The molecule has 3 rings (SSSR count). The van der Waals surface area contributed by atoms with Crippen LogP contribution in [-0.2, 0) is 17.8 Å². The lowest BCUT2D eigenvalue weighted by molar-refractivity contribution is -0.123. The zero-order chi connectivity index (χ0) is 17.1. The van der Waals surface area contributed by atoms with Gasteiger partial charge in [-0.05, 0) is 55.0 Å². The first-order valence-corrected chi connectivity index (χ1v) is 8.68. The quantitative estimate of drug-likeness (QED) is 0.934. The van der Waals surface area contributed by atoms with E-state index in [1.54, 1.807) is 0 Å². The van der Waals surface area contributed by atoms with Gasteiger partial charge in [0.25, 0.3) is 0 Å². The van der Waals surface area contributed by atoms with E-state index in [0.717, 1.165) is 25.1 Å². The topological polar surface area (TPSA) is 32.3 Å². The van der Waals surface area contributed by atoms with Gasteiger partial charge in [-0.25, -0.2) is 0 Å². The van der Waals surface area contributed by atoms with Gasteiger partial charge in [0.05, 0.1) is 12.6 Å². The molecule has 0 radical (unpaired) electrons. The van der Waals surface area contributed by atoms with E-state index in [1.807, 2.05) is 6.92 Å². The molecule has 0 saturated heterocycles. The molecule has 1 aliphatic heterocycles. The van der Waals surface area contributed by atoms with Crippen molar-refractivity contribution >= 4 is 5.91 Å². The lowest BCUT2D eigenvalue weighted by Crippen LogP contribution is -2.40. The van der Waals surface area contributed by atoms with E-state index in [-0.39, 0.29) is 11.9 Å². The van der Waals surface area contributed by atoms with Crippen molar-refractivity contribution in [3.63, 3.8) is 0 Å². The predicted octanol–water partition coefficient (Wildman–Crippen LogP) is 3.54. The third-order valence-corrected chi connectivity index (χ3v) is 4.99. The normalized spacial score (nSPS) is 15.6. The van der Waals surface area contributed by atoms with Crippen molar-refractivity contribution in [1.29, 1.82) is 0 Å². The SMILES string of the molecule is Cc1ccc(C(C)NC(=O)CN2CCc3ccccc3C2)cc1C. The molecule has 0 aromatic heterocycles. The van der Waals surface area contributed by atoms with Gasteiger partial charge in [-0.1, -0.05) is 42.5 Å². The summed E-state index contributed by atoms with van der Waals surface area (Å²) in [7, 11) is 0. The number of carbonyl (C=O) groups is 1. The number of nitrogens with zero attached hydrogens (tertiary/aromatic N) is 1. The number of hydrogen-bond acceptors (Lipinski definition) is 2. The highest BCUT2D eigenvalue weighted by Crippen LogP contribution is 2.19. The molecule has 2 aromatic carbocycles. The lowest BCUT2D eigenvalue weighted by Gasteiger charge is -2.28. The van der Waals surface area contributed by atoms with Crippen molar-refractivity contribution in [3.05, 3.63) is 70.3 Å². The number of hydrogen-bond donors (Lipinski definition) is 1. The Bertz CT molecular complexity index is 738. The van der Waals surface area contributed by atoms with Crippen molar-refractivity contribution in [2.45, 2.75) is 39.8 Å². The second-order valence-corrected chi connectivity index (χ2v) is 6.86. The molecule has 0 bridgehead atoms. The van der Waals surface area contributed by atoms with Crippen LogP contribution in [0.4, 0.5) is 0 Å². The van der Waals surface area contributed by atoms with Crippen molar-refractivity contribution < 1.29 is 4.79 Å². The highest BCUT2D eigenvalue weighted by atomic mass is 16.2. The fourth-order valence-electron chi connectivity index (χ4n) is 3.30. The van der Waals surface area contributed by atoms with Crippen molar-refractivity contribution in [2.75, 3.05) is 13.1 Å². The van der Waals surface area contributed by atoms with Crippen LogP contribution in [0.15, 0.2) is 42.5 Å². The minimum Gasteiger partial charge on any atom is -0.348 e. The molecule has 0 spiro atoms. The molecule has 24 heavy (non-hydrogen) atoms. The highest BCUT2D eigenvalue weighted by molar-refractivity contribution is 5.78. The maximum absolute atomic E-state index is 12.4. The Morgan fingerprint density at radius 2 is 1.88 bits per heavy atom. The minimum atomic E-state index is 0.0360. The van der Waals surface area contributed by atoms with Crippen LogP contribution in [0.3, 0.4) is 0 Å². The van der Waals surface area contributed by atoms with Gasteiger partial charge >= 0.3 is 0 Å². The van der Waals surface area contributed by atoms with E-state index in [2.05, 4.69) is 66.5 Å². The second-order valence-electron chi connectivity index (χ2n) is 6.86. The van der Waals surface area contributed by atoms with Crippen LogP contribution in [0, 0.1) is 13.8 Å². The number of nitrogens with one attached hydrogen (secondary N) is 1. The van der Waals surface area contributed by atoms with Crippen LogP contribution in [0.5, 0.6) is 0 Å². The summed E-state index contributed by atoms with van der Waals surface area (Å²) in [6.07, 6.45) is 1.02. The predicted molar refractivity (Wildman–Crippen MR) is 97.9 cm³/mol. The Balaban J connectivity index is 1.57. The van der Waals surface area contributed by atoms with Gasteiger partial charge in [-0.15, -0.1) is 0 Å². The third-order valence-electron chi connectivity index (χ3n) is 4.99. The standard InChI is InChI=1S/C21H26N2O/c1-15-8-9-19(12-16(15)2)17(3)22-21(24)14-23-11-10-18-6-4-5-7-20(18)13-23/h4-9,12,17H,10-11,13-14H2,1-3H3,(H,22,24). The van der Waals surface area contributed by atoms with Gasteiger partial charge in [0.2, 0.25) is 5.91 Å². The van der Waals surface area contributed by atoms with Gasteiger partial charge in [-0.3, -0.25) is 9.69 Å². The van der Waals surface area contributed by atoms with Gasteiger partial charge in [0, 0.05) is 13.1 Å². The van der Waals surface area contributed by atoms with Crippen LogP contribution in [0.1, 0.15) is 40.8 Å². The van der Waals surface area contributed by atoms with Crippen LogP contribution in [0.25, 0.3) is 0 Å². The minimum absolute atomic E-state index is 0.0360. The summed E-state index contributed by atoms with van der Waals surface area (Å²) < 4.78 is 0. The maximum atomic E-state index is 12.4. The summed E-state index contributed by atoms with van der Waals surface area (Å²) in [5.74, 6) is 0.0973. The van der Waals surface area contributed by atoms with Crippen molar-refractivity contribution in [1.82, 2.24) is 10.2 Å². The monoisotopic (exact) mass is 322 g/mol. The largest absolute Gasteiger partial charge is 0.348 e. The summed E-state index contributed by atoms with van der Waals surface area (Å²) in [6, 6.07) is 14.9. The molecule has 0 saturated carbocycles. The number of aryl methyl sites for hydroxylation is 2. The molecule has 1 unspecified atom stereocenters. The number of benzene rings is 2. The van der Waals surface area contributed by atoms with Gasteiger partial charge in [0.1, 0.15) is 0 Å². The Hall–Kier alpha value is -2.13. The van der Waals surface area contributed by atoms with Crippen LogP contribution in [-0.4, -0.2) is 23.9 Å². The molecule has 1 amide bonds. The number of rotatable bonds is 4. The molecule has 1 aliphatic rings. The fourth-order valence-corrected chi connectivity index (χ4v) is 3.30.